The third-order valence-electron chi connectivity index (χ3n) is 2.91. The van der Waals surface area contributed by atoms with E-state index < -0.39 is 0 Å². The topological polar surface area (TPSA) is 47.8 Å². The first kappa shape index (κ1) is 11.3. The molecule has 1 heterocycles. The molecule has 4 nitrogen and oxygen atoms in total. The van der Waals surface area contributed by atoms with Crippen LogP contribution < -0.4 is 0 Å². The first-order valence-electron chi connectivity index (χ1n) is 5.89. The summed E-state index contributed by atoms with van der Waals surface area (Å²) >= 11 is 0. The van der Waals surface area contributed by atoms with Crippen molar-refractivity contribution in [1.82, 2.24) is 15.0 Å². The van der Waals surface area contributed by atoms with Gasteiger partial charge in [-0.2, -0.15) is 0 Å². The van der Waals surface area contributed by atoms with Gasteiger partial charge in [0.1, 0.15) is 6.29 Å². The van der Waals surface area contributed by atoms with Gasteiger partial charge < -0.3 is 0 Å². The summed E-state index contributed by atoms with van der Waals surface area (Å²) in [5.74, 6) is 0. The van der Waals surface area contributed by atoms with E-state index >= 15 is 0 Å². The molecule has 0 saturated heterocycles. The average molecular weight is 249 g/mol. The Bertz CT molecular complexity index is 688. The van der Waals surface area contributed by atoms with Crippen LogP contribution in [-0.4, -0.2) is 21.3 Å². The first-order valence-corrected chi connectivity index (χ1v) is 5.89. The Balaban J connectivity index is 1.96. The van der Waals surface area contributed by atoms with Crippen LogP contribution in [0.3, 0.4) is 0 Å². The van der Waals surface area contributed by atoms with Gasteiger partial charge in [0, 0.05) is 5.56 Å². The summed E-state index contributed by atoms with van der Waals surface area (Å²) in [4.78, 5) is 10.8. The molecular weight excluding hydrogens is 238 g/mol. The SMILES string of the molecule is O=Cc1cccc(-c2ccc(-n3ccnn3)cc2)c1. The second-order valence-corrected chi connectivity index (χ2v) is 4.14. The van der Waals surface area contributed by atoms with E-state index in [1.807, 2.05) is 42.5 Å². The maximum Gasteiger partial charge on any atom is 0.150 e. The summed E-state index contributed by atoms with van der Waals surface area (Å²) in [5, 5.41) is 7.71. The van der Waals surface area contributed by atoms with E-state index in [1.54, 1.807) is 23.1 Å². The van der Waals surface area contributed by atoms with Gasteiger partial charge in [0.15, 0.2) is 0 Å². The summed E-state index contributed by atoms with van der Waals surface area (Å²) in [6, 6.07) is 15.5. The van der Waals surface area contributed by atoms with Crippen LogP contribution in [-0.2, 0) is 0 Å². The second kappa shape index (κ2) is 4.86. The van der Waals surface area contributed by atoms with Crippen LogP contribution in [0.4, 0.5) is 0 Å². The lowest BCUT2D eigenvalue weighted by atomic mass is 10.0. The third kappa shape index (κ3) is 2.28. The second-order valence-electron chi connectivity index (χ2n) is 4.14. The molecule has 0 saturated carbocycles. The van der Waals surface area contributed by atoms with E-state index in [2.05, 4.69) is 10.3 Å². The van der Waals surface area contributed by atoms with Crippen LogP contribution in [0.25, 0.3) is 16.8 Å². The number of nitrogens with zero attached hydrogens (tertiary/aromatic N) is 3. The van der Waals surface area contributed by atoms with Crippen LogP contribution in [0.1, 0.15) is 10.4 Å². The zero-order valence-corrected chi connectivity index (χ0v) is 10.1. The molecule has 3 rings (SSSR count). The molecule has 0 fully saturated rings. The van der Waals surface area contributed by atoms with Crippen LogP contribution in [0, 0.1) is 0 Å². The van der Waals surface area contributed by atoms with Gasteiger partial charge in [-0.05, 0) is 29.3 Å². The highest BCUT2D eigenvalue weighted by Gasteiger charge is 2.01. The van der Waals surface area contributed by atoms with Gasteiger partial charge in [0.05, 0.1) is 18.1 Å². The first-order chi connectivity index (χ1) is 9.36. The molecule has 0 amide bonds. The Labute approximate surface area is 110 Å². The minimum Gasteiger partial charge on any atom is -0.298 e. The number of carbonyl (C=O) groups is 1. The lowest BCUT2D eigenvalue weighted by molar-refractivity contribution is 0.112. The van der Waals surface area contributed by atoms with Crippen LogP contribution in [0.5, 0.6) is 0 Å². The minimum absolute atomic E-state index is 0.679. The van der Waals surface area contributed by atoms with Gasteiger partial charge >= 0.3 is 0 Å². The lowest BCUT2D eigenvalue weighted by Gasteiger charge is -2.04. The Kier molecular flexibility index (Phi) is 2.90. The number of benzene rings is 2. The standard InChI is InChI=1S/C15H11N3O/c19-11-12-2-1-3-14(10-12)13-4-6-15(7-5-13)18-9-8-16-17-18/h1-11H. The number of hydrogen-bond donors (Lipinski definition) is 0. The molecule has 0 radical (unpaired) electrons. The molecular formula is C15H11N3O. The molecule has 1 aromatic heterocycles. The number of hydrogen-bond acceptors (Lipinski definition) is 3. The van der Waals surface area contributed by atoms with Gasteiger partial charge in [0.2, 0.25) is 0 Å². The fourth-order valence-corrected chi connectivity index (χ4v) is 1.94. The van der Waals surface area contributed by atoms with Gasteiger partial charge in [-0.1, -0.05) is 35.5 Å². The van der Waals surface area contributed by atoms with Crippen molar-refractivity contribution >= 4 is 6.29 Å². The summed E-state index contributed by atoms with van der Waals surface area (Å²) in [6.07, 6.45) is 4.29. The average Bonchev–Trinajstić information content (AvgIpc) is 3.02. The predicted molar refractivity (Wildman–Crippen MR) is 72.2 cm³/mol. The lowest BCUT2D eigenvalue weighted by Crippen LogP contribution is -1.94. The maximum atomic E-state index is 10.8. The number of aldehydes is 1. The zero-order chi connectivity index (χ0) is 13.1. The highest BCUT2D eigenvalue weighted by Crippen LogP contribution is 2.21. The van der Waals surface area contributed by atoms with Crippen molar-refractivity contribution in [3.63, 3.8) is 0 Å². The third-order valence-corrected chi connectivity index (χ3v) is 2.91. The summed E-state index contributed by atoms with van der Waals surface area (Å²) in [5.41, 5.74) is 3.72. The Morgan fingerprint density at radius 1 is 1.00 bits per heavy atom. The number of rotatable bonds is 3. The van der Waals surface area contributed by atoms with Crippen LogP contribution in [0.2, 0.25) is 0 Å². The molecule has 92 valence electrons. The molecule has 19 heavy (non-hydrogen) atoms. The molecule has 2 aromatic carbocycles. The highest BCUT2D eigenvalue weighted by molar-refractivity contribution is 5.78. The highest BCUT2D eigenvalue weighted by atomic mass is 16.1. The van der Waals surface area contributed by atoms with Gasteiger partial charge in [-0.15, -0.1) is 5.10 Å². The zero-order valence-electron chi connectivity index (χ0n) is 10.1. The minimum atomic E-state index is 0.679. The van der Waals surface area contributed by atoms with E-state index in [4.69, 9.17) is 0 Å². The van der Waals surface area contributed by atoms with Gasteiger partial charge in [-0.3, -0.25) is 4.79 Å². The molecule has 0 unspecified atom stereocenters. The fraction of sp³-hybridized carbons (Fsp3) is 0. The van der Waals surface area contributed by atoms with Crippen molar-refractivity contribution in [2.24, 2.45) is 0 Å². The molecule has 0 bridgehead atoms. The monoisotopic (exact) mass is 249 g/mol. The summed E-state index contributed by atoms with van der Waals surface area (Å²) < 4.78 is 1.70. The number of carbonyl (C=O) groups excluding carboxylic acids is 1. The van der Waals surface area contributed by atoms with Gasteiger partial charge in [0.25, 0.3) is 0 Å². The van der Waals surface area contributed by atoms with Crippen molar-refractivity contribution in [2.75, 3.05) is 0 Å². The molecule has 0 aliphatic carbocycles. The number of aromatic nitrogens is 3. The summed E-state index contributed by atoms with van der Waals surface area (Å²) in [7, 11) is 0. The smallest absolute Gasteiger partial charge is 0.150 e. The normalized spacial score (nSPS) is 10.3. The van der Waals surface area contributed by atoms with Crippen LogP contribution >= 0.6 is 0 Å². The maximum absolute atomic E-state index is 10.8. The van der Waals surface area contributed by atoms with E-state index in [-0.39, 0.29) is 0 Å². The fourth-order valence-electron chi connectivity index (χ4n) is 1.94. The van der Waals surface area contributed by atoms with Gasteiger partial charge in [-0.25, -0.2) is 4.68 Å². The van der Waals surface area contributed by atoms with Crippen molar-refractivity contribution in [3.8, 4) is 16.8 Å². The molecule has 3 aromatic rings. The van der Waals surface area contributed by atoms with Crippen molar-refractivity contribution in [3.05, 3.63) is 66.5 Å². The van der Waals surface area contributed by atoms with Crippen LogP contribution in [0.15, 0.2) is 60.9 Å². The Morgan fingerprint density at radius 3 is 2.53 bits per heavy atom. The largest absolute Gasteiger partial charge is 0.298 e. The molecule has 0 aliphatic rings. The van der Waals surface area contributed by atoms with E-state index in [0.717, 1.165) is 23.1 Å². The molecule has 4 heteroatoms. The quantitative estimate of drug-likeness (QED) is 0.670. The van der Waals surface area contributed by atoms with E-state index in [1.165, 1.54) is 0 Å². The molecule has 0 spiro atoms. The molecule has 0 N–H and O–H groups in total. The summed E-state index contributed by atoms with van der Waals surface area (Å²) in [6.45, 7) is 0. The Hall–Kier alpha value is -2.75. The van der Waals surface area contributed by atoms with Crippen molar-refractivity contribution in [1.29, 1.82) is 0 Å². The van der Waals surface area contributed by atoms with E-state index in [9.17, 15) is 4.79 Å². The predicted octanol–water partition coefficient (Wildman–Crippen LogP) is 2.75. The van der Waals surface area contributed by atoms with E-state index in [0.29, 0.717) is 5.56 Å². The molecule has 0 atom stereocenters. The molecule has 0 aliphatic heterocycles. The Morgan fingerprint density at radius 2 is 1.84 bits per heavy atom. The van der Waals surface area contributed by atoms with Crippen molar-refractivity contribution < 1.29 is 4.79 Å². The van der Waals surface area contributed by atoms with Crippen molar-refractivity contribution in [2.45, 2.75) is 0 Å².